The van der Waals surface area contributed by atoms with Crippen molar-refractivity contribution in [1.82, 2.24) is 4.90 Å². The van der Waals surface area contributed by atoms with Crippen molar-refractivity contribution in [2.24, 2.45) is 5.92 Å². The van der Waals surface area contributed by atoms with Gasteiger partial charge >= 0.3 is 0 Å². The van der Waals surface area contributed by atoms with Crippen LogP contribution in [0.5, 0.6) is 0 Å². The summed E-state index contributed by atoms with van der Waals surface area (Å²) in [4.78, 5) is 40.2. The van der Waals surface area contributed by atoms with Crippen LogP contribution in [0.3, 0.4) is 0 Å². The monoisotopic (exact) mass is 470 g/mol. The van der Waals surface area contributed by atoms with Crippen molar-refractivity contribution in [3.8, 4) is 0 Å². The largest absolute Gasteiger partial charge is 0.362 e. The lowest BCUT2D eigenvalue weighted by Gasteiger charge is -2.36. The van der Waals surface area contributed by atoms with Gasteiger partial charge in [-0.05, 0) is 43.2 Å². The summed E-state index contributed by atoms with van der Waals surface area (Å²) in [5.41, 5.74) is 1.61. The molecule has 8 nitrogen and oxygen atoms in total. The van der Waals surface area contributed by atoms with Gasteiger partial charge < -0.3 is 15.1 Å². The zero-order valence-electron chi connectivity index (χ0n) is 18.3. The number of piperazine rings is 1. The summed E-state index contributed by atoms with van der Waals surface area (Å²) in [6.45, 7) is 1.84. The van der Waals surface area contributed by atoms with E-state index < -0.39 is 4.92 Å². The first-order valence-electron chi connectivity index (χ1n) is 11.3. The number of rotatable bonds is 5. The molecule has 1 saturated carbocycles. The molecule has 0 radical (unpaired) electrons. The van der Waals surface area contributed by atoms with Gasteiger partial charge in [0.15, 0.2) is 0 Å². The number of hydrogen-bond donors (Lipinski definition) is 1. The highest BCUT2D eigenvalue weighted by molar-refractivity contribution is 6.30. The third-order valence-corrected chi connectivity index (χ3v) is 6.63. The summed E-state index contributed by atoms with van der Waals surface area (Å²) in [6.07, 6.45) is 5.19. The molecule has 2 aromatic rings. The highest BCUT2D eigenvalue weighted by Gasteiger charge is 2.27. The number of halogens is 1. The average Bonchev–Trinajstić information content (AvgIpc) is 2.84. The molecule has 9 heteroatoms. The lowest BCUT2D eigenvalue weighted by Crippen LogP contribution is -2.49. The van der Waals surface area contributed by atoms with Gasteiger partial charge in [0.25, 0.3) is 11.6 Å². The van der Waals surface area contributed by atoms with Gasteiger partial charge in [0.2, 0.25) is 5.91 Å². The van der Waals surface area contributed by atoms with Crippen LogP contribution in [0.2, 0.25) is 5.02 Å². The molecule has 1 N–H and O–H groups in total. The molecule has 1 saturated heterocycles. The van der Waals surface area contributed by atoms with Crippen LogP contribution in [-0.4, -0.2) is 47.8 Å². The first-order valence-corrected chi connectivity index (χ1v) is 11.7. The minimum absolute atomic E-state index is 0.0254. The number of nitrogens with one attached hydrogen (secondary N) is 1. The lowest BCUT2D eigenvalue weighted by molar-refractivity contribution is -0.384. The highest BCUT2D eigenvalue weighted by Crippen LogP contribution is 2.32. The molecule has 1 aliphatic heterocycles. The maximum absolute atomic E-state index is 13.1. The van der Waals surface area contributed by atoms with E-state index >= 15 is 0 Å². The third kappa shape index (κ3) is 5.45. The van der Waals surface area contributed by atoms with Gasteiger partial charge in [0.05, 0.1) is 4.92 Å². The number of carbonyl (C=O) groups excluding carboxylic acids is 2. The maximum Gasteiger partial charge on any atom is 0.294 e. The van der Waals surface area contributed by atoms with E-state index in [1.807, 2.05) is 4.90 Å². The summed E-state index contributed by atoms with van der Waals surface area (Å²) in [5.74, 6) is -0.0467. The predicted octanol–water partition coefficient (Wildman–Crippen LogP) is 4.73. The topological polar surface area (TPSA) is 95.8 Å². The van der Waals surface area contributed by atoms with Crippen LogP contribution in [0.4, 0.5) is 17.1 Å². The highest BCUT2D eigenvalue weighted by atomic mass is 35.5. The summed E-state index contributed by atoms with van der Waals surface area (Å²) >= 11 is 5.92. The van der Waals surface area contributed by atoms with E-state index in [0.717, 1.165) is 25.7 Å². The molecular weight excluding hydrogens is 444 g/mol. The Balaban J connectivity index is 1.39. The Hall–Kier alpha value is -3.13. The maximum atomic E-state index is 13.1. The average molecular weight is 471 g/mol. The van der Waals surface area contributed by atoms with Crippen molar-refractivity contribution in [1.29, 1.82) is 0 Å². The van der Waals surface area contributed by atoms with Gasteiger partial charge in [0, 0.05) is 54.4 Å². The predicted molar refractivity (Wildman–Crippen MR) is 128 cm³/mol. The van der Waals surface area contributed by atoms with Gasteiger partial charge in [0.1, 0.15) is 5.69 Å². The SMILES string of the molecule is O=C(Nc1cccc(C(=O)N2CCN(c3ccc(Cl)cc3[N+](=O)[O-])CC2)c1)C1CCCCC1. The van der Waals surface area contributed by atoms with Gasteiger partial charge in [-0.3, -0.25) is 19.7 Å². The molecule has 1 aliphatic carbocycles. The second kappa shape index (κ2) is 10.2. The van der Waals surface area contributed by atoms with Crippen molar-refractivity contribution >= 4 is 40.5 Å². The van der Waals surface area contributed by atoms with Crippen LogP contribution in [0, 0.1) is 16.0 Å². The summed E-state index contributed by atoms with van der Waals surface area (Å²) in [6, 6.07) is 11.7. The van der Waals surface area contributed by atoms with E-state index in [2.05, 4.69) is 5.32 Å². The van der Waals surface area contributed by atoms with E-state index in [0.29, 0.717) is 48.1 Å². The van der Waals surface area contributed by atoms with E-state index in [9.17, 15) is 19.7 Å². The molecular formula is C24H27ClN4O4. The third-order valence-electron chi connectivity index (χ3n) is 6.39. The number of amides is 2. The standard InChI is InChI=1S/C24H27ClN4O4/c25-19-9-10-21(22(16-19)29(32)33)27-11-13-28(14-12-27)24(31)18-7-4-8-20(15-18)26-23(30)17-5-2-1-3-6-17/h4,7-10,15-17H,1-3,5-6,11-14H2,(H,26,30). The van der Waals surface area contributed by atoms with Crippen molar-refractivity contribution in [3.63, 3.8) is 0 Å². The van der Waals surface area contributed by atoms with Crippen LogP contribution in [0.25, 0.3) is 0 Å². The summed E-state index contributed by atoms with van der Waals surface area (Å²) in [7, 11) is 0. The molecule has 0 unspecified atom stereocenters. The number of nitrogens with zero attached hydrogens (tertiary/aromatic N) is 3. The van der Waals surface area contributed by atoms with Crippen LogP contribution in [0.1, 0.15) is 42.5 Å². The van der Waals surface area contributed by atoms with E-state index in [4.69, 9.17) is 11.6 Å². The number of carbonyl (C=O) groups is 2. The quantitative estimate of drug-likeness (QED) is 0.503. The molecule has 33 heavy (non-hydrogen) atoms. The Kier molecular flexibility index (Phi) is 7.13. The fourth-order valence-corrected chi connectivity index (χ4v) is 4.75. The molecule has 0 atom stereocenters. The number of anilines is 2. The Labute approximate surface area is 197 Å². The molecule has 2 aromatic carbocycles. The zero-order chi connectivity index (χ0) is 23.4. The molecule has 0 spiro atoms. The number of nitro groups is 1. The van der Waals surface area contributed by atoms with E-state index in [-0.39, 0.29) is 23.4 Å². The van der Waals surface area contributed by atoms with Gasteiger partial charge in [-0.15, -0.1) is 0 Å². The van der Waals surface area contributed by atoms with Crippen LogP contribution in [0.15, 0.2) is 42.5 Å². The van der Waals surface area contributed by atoms with Crippen LogP contribution < -0.4 is 10.2 Å². The minimum Gasteiger partial charge on any atom is -0.362 e. The van der Waals surface area contributed by atoms with Crippen LogP contribution in [-0.2, 0) is 4.79 Å². The fraction of sp³-hybridized carbons (Fsp3) is 0.417. The minimum atomic E-state index is -0.439. The second-order valence-electron chi connectivity index (χ2n) is 8.57. The zero-order valence-corrected chi connectivity index (χ0v) is 19.1. The molecule has 2 aliphatic rings. The molecule has 0 bridgehead atoms. The second-order valence-corrected chi connectivity index (χ2v) is 9.01. The Bertz CT molecular complexity index is 1050. The molecule has 174 valence electrons. The fourth-order valence-electron chi connectivity index (χ4n) is 4.58. The molecule has 4 rings (SSSR count). The van der Waals surface area contributed by atoms with Crippen molar-refractivity contribution in [3.05, 3.63) is 63.2 Å². The lowest BCUT2D eigenvalue weighted by atomic mass is 9.88. The molecule has 2 fully saturated rings. The van der Waals surface area contributed by atoms with Crippen molar-refractivity contribution in [2.45, 2.75) is 32.1 Å². The number of hydrogen-bond acceptors (Lipinski definition) is 5. The number of nitro benzene ring substituents is 1. The number of benzene rings is 2. The molecule has 1 heterocycles. The van der Waals surface area contributed by atoms with Crippen molar-refractivity contribution in [2.75, 3.05) is 36.4 Å². The van der Waals surface area contributed by atoms with Gasteiger partial charge in [-0.2, -0.15) is 0 Å². The normalized spacial score (nSPS) is 17.0. The summed E-state index contributed by atoms with van der Waals surface area (Å²) < 4.78 is 0. The molecule has 0 aromatic heterocycles. The first-order chi connectivity index (χ1) is 15.9. The van der Waals surface area contributed by atoms with Crippen molar-refractivity contribution < 1.29 is 14.5 Å². The van der Waals surface area contributed by atoms with E-state index in [1.165, 1.54) is 12.5 Å². The Morgan fingerprint density at radius 3 is 2.42 bits per heavy atom. The molecule has 2 amide bonds. The van der Waals surface area contributed by atoms with Gasteiger partial charge in [-0.1, -0.05) is 36.9 Å². The summed E-state index contributed by atoms with van der Waals surface area (Å²) in [5, 5.41) is 14.7. The Morgan fingerprint density at radius 1 is 1.00 bits per heavy atom. The van der Waals surface area contributed by atoms with Gasteiger partial charge in [-0.25, -0.2) is 0 Å². The Morgan fingerprint density at radius 2 is 1.73 bits per heavy atom. The first kappa shape index (κ1) is 23.0. The smallest absolute Gasteiger partial charge is 0.294 e. The van der Waals surface area contributed by atoms with E-state index in [1.54, 1.807) is 41.3 Å². The van der Waals surface area contributed by atoms with Crippen LogP contribution >= 0.6 is 11.6 Å².